The van der Waals surface area contributed by atoms with Crippen LogP contribution in [0.1, 0.15) is 12.8 Å². The average molecular weight is 241 g/mol. The molecule has 0 aromatic rings. The number of nitrogens with zero attached hydrogens (tertiary/aromatic N) is 1. The maximum absolute atomic E-state index is 11.5. The molecule has 17 heavy (non-hydrogen) atoms. The van der Waals surface area contributed by atoms with Gasteiger partial charge >= 0.3 is 0 Å². The van der Waals surface area contributed by atoms with E-state index in [9.17, 15) is 4.79 Å². The summed E-state index contributed by atoms with van der Waals surface area (Å²) in [5, 5.41) is 6.13. The van der Waals surface area contributed by atoms with Crippen molar-refractivity contribution >= 4 is 5.91 Å². The number of carbonyl (C=O) groups excluding carboxylic acids is 1. The summed E-state index contributed by atoms with van der Waals surface area (Å²) in [5.74, 6) is 0.940. The van der Waals surface area contributed by atoms with Gasteiger partial charge in [-0.1, -0.05) is 0 Å². The summed E-state index contributed by atoms with van der Waals surface area (Å²) in [7, 11) is 0. The molecule has 0 radical (unpaired) electrons. The van der Waals surface area contributed by atoms with Crippen LogP contribution >= 0.6 is 0 Å². The molecular weight excluding hydrogens is 218 g/mol. The summed E-state index contributed by atoms with van der Waals surface area (Å²) in [6, 6.07) is 0. The van der Waals surface area contributed by atoms with Gasteiger partial charge in [0.05, 0.1) is 19.8 Å². The Kier molecular flexibility index (Phi) is 5.22. The van der Waals surface area contributed by atoms with E-state index < -0.39 is 0 Å². The summed E-state index contributed by atoms with van der Waals surface area (Å²) in [6.45, 7) is 6.72. The predicted molar refractivity (Wildman–Crippen MR) is 65.9 cm³/mol. The number of amides is 1. The number of nitrogens with one attached hydrogen (secondary N) is 2. The Hall–Kier alpha value is -0.650. The standard InChI is InChI=1S/C12H23N3O2/c16-12(10-13-9-11-1-2-11)14-3-4-15-5-7-17-8-6-15/h11,13H,1-10H2,(H,14,16). The quantitative estimate of drug-likeness (QED) is 0.627. The Morgan fingerprint density at radius 1 is 1.29 bits per heavy atom. The molecule has 1 saturated heterocycles. The molecule has 0 aromatic carbocycles. The highest BCUT2D eigenvalue weighted by Crippen LogP contribution is 2.27. The normalized spacial score (nSPS) is 21.4. The summed E-state index contributed by atoms with van der Waals surface area (Å²) < 4.78 is 5.27. The zero-order valence-electron chi connectivity index (χ0n) is 10.4. The predicted octanol–water partition coefficient (Wildman–Crippen LogP) is -0.566. The van der Waals surface area contributed by atoms with E-state index in [0.29, 0.717) is 6.54 Å². The molecule has 5 nitrogen and oxygen atoms in total. The second kappa shape index (κ2) is 6.93. The van der Waals surface area contributed by atoms with Crippen molar-refractivity contribution in [3.05, 3.63) is 0 Å². The van der Waals surface area contributed by atoms with Crippen LogP contribution in [-0.4, -0.2) is 63.3 Å². The van der Waals surface area contributed by atoms with E-state index in [1.807, 2.05) is 0 Å². The third kappa shape index (κ3) is 5.48. The smallest absolute Gasteiger partial charge is 0.234 e. The molecule has 1 amide bonds. The van der Waals surface area contributed by atoms with E-state index >= 15 is 0 Å². The van der Waals surface area contributed by atoms with Crippen LogP contribution in [0.3, 0.4) is 0 Å². The van der Waals surface area contributed by atoms with E-state index in [-0.39, 0.29) is 5.91 Å². The maximum atomic E-state index is 11.5. The van der Waals surface area contributed by atoms with E-state index in [1.165, 1.54) is 12.8 Å². The van der Waals surface area contributed by atoms with Crippen molar-refractivity contribution in [2.24, 2.45) is 5.92 Å². The molecule has 0 atom stereocenters. The van der Waals surface area contributed by atoms with Gasteiger partial charge in [-0.3, -0.25) is 9.69 Å². The lowest BCUT2D eigenvalue weighted by Crippen LogP contribution is -2.43. The lowest BCUT2D eigenvalue weighted by atomic mass is 10.4. The molecule has 5 heteroatoms. The monoisotopic (exact) mass is 241 g/mol. The number of hydrogen-bond donors (Lipinski definition) is 2. The summed E-state index contributed by atoms with van der Waals surface area (Å²) in [6.07, 6.45) is 2.65. The van der Waals surface area contributed by atoms with Crippen molar-refractivity contribution in [1.82, 2.24) is 15.5 Å². The van der Waals surface area contributed by atoms with Crippen LogP contribution in [0.15, 0.2) is 0 Å². The Morgan fingerprint density at radius 2 is 2.06 bits per heavy atom. The second-order valence-corrected chi connectivity index (χ2v) is 4.88. The van der Waals surface area contributed by atoms with Crippen LogP contribution in [0.25, 0.3) is 0 Å². The van der Waals surface area contributed by atoms with Crippen LogP contribution in [-0.2, 0) is 9.53 Å². The maximum Gasteiger partial charge on any atom is 0.234 e. The molecule has 1 heterocycles. The third-order valence-corrected chi connectivity index (χ3v) is 3.27. The van der Waals surface area contributed by atoms with E-state index in [4.69, 9.17) is 4.74 Å². The number of ether oxygens (including phenoxy) is 1. The van der Waals surface area contributed by atoms with Crippen molar-refractivity contribution in [2.45, 2.75) is 12.8 Å². The highest BCUT2D eigenvalue weighted by atomic mass is 16.5. The zero-order chi connectivity index (χ0) is 11.9. The van der Waals surface area contributed by atoms with E-state index in [2.05, 4.69) is 15.5 Å². The highest BCUT2D eigenvalue weighted by Gasteiger charge is 2.20. The van der Waals surface area contributed by atoms with Gasteiger partial charge in [0.25, 0.3) is 0 Å². The van der Waals surface area contributed by atoms with Crippen LogP contribution in [0.5, 0.6) is 0 Å². The molecule has 2 rings (SSSR count). The minimum Gasteiger partial charge on any atom is -0.379 e. The van der Waals surface area contributed by atoms with Gasteiger partial charge in [-0.15, -0.1) is 0 Å². The lowest BCUT2D eigenvalue weighted by molar-refractivity contribution is -0.120. The fourth-order valence-electron chi connectivity index (χ4n) is 1.95. The minimum absolute atomic E-state index is 0.110. The van der Waals surface area contributed by atoms with Crippen molar-refractivity contribution in [2.75, 3.05) is 52.5 Å². The average Bonchev–Trinajstić information content (AvgIpc) is 3.14. The first-order valence-corrected chi connectivity index (χ1v) is 6.62. The van der Waals surface area contributed by atoms with Gasteiger partial charge in [-0.05, 0) is 25.3 Å². The molecule has 0 spiro atoms. The Balaban J connectivity index is 1.44. The largest absolute Gasteiger partial charge is 0.379 e. The molecule has 2 aliphatic rings. The zero-order valence-corrected chi connectivity index (χ0v) is 10.4. The second-order valence-electron chi connectivity index (χ2n) is 4.88. The first kappa shape index (κ1) is 12.8. The van der Waals surface area contributed by atoms with E-state index in [1.54, 1.807) is 0 Å². The molecule has 1 aliphatic heterocycles. The molecule has 1 aliphatic carbocycles. The van der Waals surface area contributed by atoms with Crippen molar-refractivity contribution in [3.63, 3.8) is 0 Å². The number of rotatable bonds is 7. The fourth-order valence-corrected chi connectivity index (χ4v) is 1.95. The number of morpholine rings is 1. The van der Waals surface area contributed by atoms with Gasteiger partial charge in [0, 0.05) is 26.2 Å². The Morgan fingerprint density at radius 3 is 2.76 bits per heavy atom. The molecule has 98 valence electrons. The first-order valence-electron chi connectivity index (χ1n) is 6.62. The van der Waals surface area contributed by atoms with Crippen molar-refractivity contribution in [1.29, 1.82) is 0 Å². The van der Waals surface area contributed by atoms with Crippen LogP contribution in [0, 0.1) is 5.92 Å². The van der Waals surface area contributed by atoms with Gasteiger partial charge in [0.15, 0.2) is 0 Å². The van der Waals surface area contributed by atoms with Crippen LogP contribution in [0.2, 0.25) is 0 Å². The highest BCUT2D eigenvalue weighted by molar-refractivity contribution is 5.77. The summed E-state index contributed by atoms with van der Waals surface area (Å²) >= 11 is 0. The van der Waals surface area contributed by atoms with Crippen LogP contribution in [0.4, 0.5) is 0 Å². The first-order chi connectivity index (χ1) is 8.34. The fraction of sp³-hybridized carbons (Fsp3) is 0.917. The Labute approximate surface area is 103 Å². The summed E-state index contributed by atoms with van der Waals surface area (Å²) in [5.41, 5.74) is 0. The third-order valence-electron chi connectivity index (χ3n) is 3.27. The van der Waals surface area contributed by atoms with Crippen LogP contribution < -0.4 is 10.6 Å². The number of carbonyl (C=O) groups is 1. The SMILES string of the molecule is O=C(CNCC1CC1)NCCN1CCOCC1. The van der Waals surface area contributed by atoms with E-state index in [0.717, 1.165) is 51.9 Å². The molecule has 2 fully saturated rings. The number of hydrogen-bond acceptors (Lipinski definition) is 4. The molecule has 0 aromatic heterocycles. The van der Waals surface area contributed by atoms with Crippen molar-refractivity contribution in [3.8, 4) is 0 Å². The molecule has 0 bridgehead atoms. The molecule has 0 unspecified atom stereocenters. The van der Waals surface area contributed by atoms with Gasteiger partial charge < -0.3 is 15.4 Å². The molecular formula is C12H23N3O2. The van der Waals surface area contributed by atoms with Gasteiger partial charge in [0.1, 0.15) is 0 Å². The Bertz CT molecular complexity index is 238. The van der Waals surface area contributed by atoms with Gasteiger partial charge in [-0.25, -0.2) is 0 Å². The molecule has 1 saturated carbocycles. The lowest BCUT2D eigenvalue weighted by Gasteiger charge is -2.26. The minimum atomic E-state index is 0.110. The molecule has 2 N–H and O–H groups in total. The van der Waals surface area contributed by atoms with Gasteiger partial charge in [-0.2, -0.15) is 0 Å². The van der Waals surface area contributed by atoms with Crippen molar-refractivity contribution < 1.29 is 9.53 Å². The van der Waals surface area contributed by atoms with Gasteiger partial charge in [0.2, 0.25) is 5.91 Å². The topological polar surface area (TPSA) is 53.6 Å². The summed E-state index contributed by atoms with van der Waals surface area (Å²) in [4.78, 5) is 13.8.